The predicted octanol–water partition coefficient (Wildman–Crippen LogP) is 3.07. The summed E-state index contributed by atoms with van der Waals surface area (Å²) in [7, 11) is 0. The molecule has 17 heavy (non-hydrogen) atoms. The maximum absolute atomic E-state index is 8.92. The summed E-state index contributed by atoms with van der Waals surface area (Å²) < 4.78 is 5.43. The molecule has 0 amide bonds. The molecule has 0 saturated heterocycles. The van der Waals surface area contributed by atoms with E-state index in [9.17, 15) is 0 Å². The van der Waals surface area contributed by atoms with Crippen LogP contribution in [0, 0.1) is 0 Å². The Hall–Kier alpha value is -1.36. The molecule has 0 unspecified atom stereocenters. The molecular weight excluding hydrogens is 263 g/mol. The lowest BCUT2D eigenvalue weighted by molar-refractivity contribution is 0.274. The van der Waals surface area contributed by atoms with Crippen LogP contribution in [0.15, 0.2) is 30.6 Å². The lowest BCUT2D eigenvalue weighted by Crippen LogP contribution is -1.95. The molecule has 4 nitrogen and oxygen atoms in total. The minimum atomic E-state index is -0.201. The number of ether oxygens (including phenoxy) is 1. The number of nitrogens with zero attached hydrogens (tertiary/aromatic N) is 2. The van der Waals surface area contributed by atoms with E-state index in [1.165, 1.54) is 12.4 Å². The summed E-state index contributed by atoms with van der Waals surface area (Å²) in [5, 5.41) is 9.85. The minimum Gasteiger partial charge on any atom is -0.436 e. The maximum atomic E-state index is 8.92. The molecule has 0 radical (unpaired) electrons. The van der Waals surface area contributed by atoms with Gasteiger partial charge in [-0.3, -0.25) is 4.98 Å². The molecular formula is C11H8Cl2N2O2. The van der Waals surface area contributed by atoms with Crippen LogP contribution >= 0.6 is 23.2 Å². The number of aromatic nitrogens is 2. The lowest BCUT2D eigenvalue weighted by atomic mass is 10.3. The SMILES string of the molecule is OCc1cncc(Oc2cc(Cl)ccc2Cl)n1. The maximum Gasteiger partial charge on any atom is 0.238 e. The third-order valence-electron chi connectivity index (χ3n) is 1.93. The van der Waals surface area contributed by atoms with Crippen molar-refractivity contribution in [1.82, 2.24) is 9.97 Å². The van der Waals surface area contributed by atoms with Gasteiger partial charge in [-0.1, -0.05) is 23.2 Å². The number of aliphatic hydroxyl groups excluding tert-OH is 1. The highest BCUT2D eigenvalue weighted by Gasteiger charge is 2.06. The van der Waals surface area contributed by atoms with Gasteiger partial charge in [-0.05, 0) is 12.1 Å². The Morgan fingerprint density at radius 3 is 2.82 bits per heavy atom. The lowest BCUT2D eigenvalue weighted by Gasteiger charge is -2.07. The van der Waals surface area contributed by atoms with Gasteiger partial charge >= 0.3 is 0 Å². The van der Waals surface area contributed by atoms with Crippen molar-refractivity contribution in [3.63, 3.8) is 0 Å². The Balaban J connectivity index is 2.27. The summed E-state index contributed by atoms with van der Waals surface area (Å²) in [6.45, 7) is -0.201. The van der Waals surface area contributed by atoms with Crippen LogP contribution in [0.4, 0.5) is 0 Å². The molecule has 88 valence electrons. The number of benzene rings is 1. The van der Waals surface area contributed by atoms with E-state index in [1.54, 1.807) is 18.2 Å². The molecule has 1 aromatic heterocycles. The van der Waals surface area contributed by atoms with Crippen molar-refractivity contribution in [2.75, 3.05) is 0 Å². The first-order valence-electron chi connectivity index (χ1n) is 4.73. The standard InChI is InChI=1S/C11H8Cl2N2O2/c12-7-1-2-9(13)10(3-7)17-11-5-14-4-8(6-16)15-11/h1-5,16H,6H2. The molecule has 1 heterocycles. The minimum absolute atomic E-state index is 0.201. The van der Waals surface area contributed by atoms with Gasteiger partial charge in [0.15, 0.2) is 0 Å². The second-order valence-electron chi connectivity index (χ2n) is 3.18. The zero-order chi connectivity index (χ0) is 12.3. The first-order chi connectivity index (χ1) is 8.19. The summed E-state index contributed by atoms with van der Waals surface area (Å²) >= 11 is 11.8. The van der Waals surface area contributed by atoms with Gasteiger partial charge in [0.1, 0.15) is 5.75 Å². The second kappa shape index (κ2) is 5.31. The Labute approximate surface area is 108 Å². The zero-order valence-electron chi connectivity index (χ0n) is 8.60. The van der Waals surface area contributed by atoms with Gasteiger partial charge in [0.25, 0.3) is 0 Å². The van der Waals surface area contributed by atoms with Crippen molar-refractivity contribution in [1.29, 1.82) is 0 Å². The molecule has 6 heteroatoms. The van der Waals surface area contributed by atoms with Crippen LogP contribution in [0.3, 0.4) is 0 Å². The van der Waals surface area contributed by atoms with E-state index in [4.69, 9.17) is 33.0 Å². The van der Waals surface area contributed by atoms with E-state index in [-0.39, 0.29) is 12.5 Å². The zero-order valence-corrected chi connectivity index (χ0v) is 10.1. The third kappa shape index (κ3) is 3.06. The Morgan fingerprint density at radius 2 is 2.06 bits per heavy atom. The van der Waals surface area contributed by atoms with Crippen LogP contribution < -0.4 is 4.74 Å². The van der Waals surface area contributed by atoms with E-state index in [0.717, 1.165) is 0 Å². The van der Waals surface area contributed by atoms with Gasteiger partial charge in [-0.2, -0.15) is 0 Å². The van der Waals surface area contributed by atoms with Gasteiger partial charge in [0.2, 0.25) is 5.88 Å². The predicted molar refractivity (Wildman–Crippen MR) is 64.5 cm³/mol. The number of rotatable bonds is 3. The van der Waals surface area contributed by atoms with E-state index >= 15 is 0 Å². The summed E-state index contributed by atoms with van der Waals surface area (Å²) in [6.07, 6.45) is 2.88. The van der Waals surface area contributed by atoms with Crippen molar-refractivity contribution < 1.29 is 9.84 Å². The summed E-state index contributed by atoms with van der Waals surface area (Å²) in [4.78, 5) is 7.90. The first-order valence-corrected chi connectivity index (χ1v) is 5.49. The molecule has 2 aromatic rings. The topological polar surface area (TPSA) is 55.2 Å². The molecule has 0 aliphatic rings. The molecule has 0 atom stereocenters. The summed E-state index contributed by atoms with van der Waals surface area (Å²) in [5.74, 6) is 0.643. The smallest absolute Gasteiger partial charge is 0.238 e. The molecule has 1 N–H and O–H groups in total. The molecule has 0 aliphatic carbocycles. The van der Waals surface area contributed by atoms with Crippen molar-refractivity contribution in [3.05, 3.63) is 46.3 Å². The molecule has 1 aromatic carbocycles. The molecule has 0 aliphatic heterocycles. The summed E-state index contributed by atoms with van der Waals surface area (Å²) in [6, 6.07) is 4.87. The van der Waals surface area contributed by atoms with Crippen molar-refractivity contribution >= 4 is 23.2 Å². The van der Waals surface area contributed by atoms with Crippen LogP contribution in [0.25, 0.3) is 0 Å². The van der Waals surface area contributed by atoms with Crippen LogP contribution in [-0.4, -0.2) is 15.1 Å². The van der Waals surface area contributed by atoms with Crippen molar-refractivity contribution in [2.24, 2.45) is 0 Å². The molecule has 0 fully saturated rings. The fraction of sp³-hybridized carbons (Fsp3) is 0.0909. The van der Waals surface area contributed by atoms with Gasteiger partial charge in [-0.15, -0.1) is 0 Å². The van der Waals surface area contributed by atoms with Crippen LogP contribution in [0.1, 0.15) is 5.69 Å². The number of hydrogen-bond donors (Lipinski definition) is 1. The number of halogens is 2. The van der Waals surface area contributed by atoms with Gasteiger partial charge in [0, 0.05) is 11.1 Å². The fourth-order valence-corrected chi connectivity index (χ4v) is 1.50. The Bertz CT molecular complexity index is 535. The molecule has 0 bridgehead atoms. The van der Waals surface area contributed by atoms with Crippen LogP contribution in [-0.2, 0) is 6.61 Å². The Kier molecular flexibility index (Phi) is 3.78. The number of aliphatic hydroxyl groups is 1. The van der Waals surface area contributed by atoms with Gasteiger partial charge < -0.3 is 9.84 Å². The van der Waals surface area contributed by atoms with E-state index in [0.29, 0.717) is 21.5 Å². The largest absolute Gasteiger partial charge is 0.436 e. The average molecular weight is 271 g/mol. The third-order valence-corrected chi connectivity index (χ3v) is 2.48. The first kappa shape index (κ1) is 12.1. The highest BCUT2D eigenvalue weighted by atomic mass is 35.5. The summed E-state index contributed by atoms with van der Waals surface area (Å²) in [5.41, 5.74) is 0.417. The van der Waals surface area contributed by atoms with Crippen molar-refractivity contribution in [2.45, 2.75) is 6.61 Å². The number of hydrogen-bond acceptors (Lipinski definition) is 4. The monoisotopic (exact) mass is 270 g/mol. The second-order valence-corrected chi connectivity index (χ2v) is 4.03. The average Bonchev–Trinajstić information content (AvgIpc) is 2.34. The quantitative estimate of drug-likeness (QED) is 0.932. The van der Waals surface area contributed by atoms with E-state index < -0.39 is 0 Å². The van der Waals surface area contributed by atoms with Gasteiger partial charge in [0.05, 0.1) is 29.7 Å². The highest BCUT2D eigenvalue weighted by Crippen LogP contribution is 2.30. The Morgan fingerprint density at radius 1 is 1.24 bits per heavy atom. The molecule has 0 saturated carbocycles. The fourth-order valence-electron chi connectivity index (χ4n) is 1.18. The van der Waals surface area contributed by atoms with E-state index in [2.05, 4.69) is 9.97 Å². The van der Waals surface area contributed by atoms with Crippen LogP contribution in [0.5, 0.6) is 11.6 Å². The van der Waals surface area contributed by atoms with E-state index in [1.807, 2.05) is 0 Å². The normalized spacial score (nSPS) is 10.3. The highest BCUT2D eigenvalue weighted by molar-refractivity contribution is 6.34. The van der Waals surface area contributed by atoms with Gasteiger partial charge in [-0.25, -0.2) is 4.98 Å². The van der Waals surface area contributed by atoms with Crippen LogP contribution in [0.2, 0.25) is 10.0 Å². The van der Waals surface area contributed by atoms with Crippen molar-refractivity contribution in [3.8, 4) is 11.6 Å². The molecule has 0 spiro atoms. The molecule has 2 rings (SSSR count).